The molecular formula is C33H50N2O2. The summed E-state index contributed by atoms with van der Waals surface area (Å²) in [5.41, 5.74) is 5.13. The van der Waals surface area contributed by atoms with Gasteiger partial charge in [-0.2, -0.15) is 5.10 Å². The summed E-state index contributed by atoms with van der Waals surface area (Å²) in [4.78, 5) is 13.7. The molecule has 3 fully saturated rings. The Morgan fingerprint density at radius 3 is 2.49 bits per heavy atom. The highest BCUT2D eigenvalue weighted by Crippen LogP contribution is 2.75. The fourth-order valence-electron chi connectivity index (χ4n) is 11.3. The van der Waals surface area contributed by atoms with E-state index >= 15 is 0 Å². The van der Waals surface area contributed by atoms with Crippen LogP contribution in [0.3, 0.4) is 0 Å². The molecule has 5 aliphatic carbocycles. The maximum atomic E-state index is 13.7. The van der Waals surface area contributed by atoms with Gasteiger partial charge in [-0.15, -0.1) is 0 Å². The molecular weight excluding hydrogens is 456 g/mol. The van der Waals surface area contributed by atoms with Gasteiger partial charge in [0.05, 0.1) is 18.2 Å². The van der Waals surface area contributed by atoms with Crippen LogP contribution in [0.2, 0.25) is 0 Å². The minimum Gasteiger partial charge on any atom is -0.466 e. The molecule has 1 N–H and O–H groups in total. The maximum absolute atomic E-state index is 13.7. The number of nitrogens with one attached hydrogen (secondary N) is 1. The van der Waals surface area contributed by atoms with Crippen molar-refractivity contribution < 1.29 is 9.53 Å². The van der Waals surface area contributed by atoms with Crippen LogP contribution in [-0.4, -0.2) is 22.8 Å². The van der Waals surface area contributed by atoms with Crippen molar-refractivity contribution in [3.63, 3.8) is 0 Å². The highest BCUT2D eigenvalue weighted by atomic mass is 16.5. The van der Waals surface area contributed by atoms with Crippen molar-refractivity contribution in [1.29, 1.82) is 0 Å². The Hall–Kier alpha value is -1.58. The average Bonchev–Trinajstić information content (AvgIpc) is 3.28. The monoisotopic (exact) mass is 506 g/mol. The smallest absolute Gasteiger partial charge is 0.312 e. The van der Waals surface area contributed by atoms with E-state index in [0.717, 1.165) is 44.9 Å². The Morgan fingerprint density at radius 1 is 1.03 bits per heavy atom. The molecule has 7 atom stereocenters. The molecule has 5 aliphatic rings. The first-order valence-electron chi connectivity index (χ1n) is 15.2. The molecule has 0 unspecified atom stereocenters. The number of aromatic amines is 1. The van der Waals surface area contributed by atoms with Gasteiger partial charge in [-0.1, -0.05) is 60.1 Å². The summed E-state index contributed by atoms with van der Waals surface area (Å²) in [5, 5.41) is 7.90. The van der Waals surface area contributed by atoms with Crippen molar-refractivity contribution in [2.75, 3.05) is 6.61 Å². The van der Waals surface area contributed by atoms with Crippen LogP contribution < -0.4 is 0 Å². The lowest BCUT2D eigenvalue weighted by molar-refractivity contribution is -0.181. The van der Waals surface area contributed by atoms with Gasteiger partial charge in [0.15, 0.2) is 0 Å². The van der Waals surface area contributed by atoms with Crippen LogP contribution in [0, 0.1) is 44.8 Å². The first-order chi connectivity index (χ1) is 17.3. The molecule has 0 bridgehead atoms. The molecule has 0 radical (unpaired) electrons. The third-order valence-corrected chi connectivity index (χ3v) is 13.4. The lowest BCUT2D eigenvalue weighted by Gasteiger charge is -2.70. The molecule has 0 aliphatic heterocycles. The van der Waals surface area contributed by atoms with E-state index in [2.05, 4.69) is 70.9 Å². The van der Waals surface area contributed by atoms with Gasteiger partial charge in [-0.3, -0.25) is 9.89 Å². The Bertz CT molecular complexity index is 1140. The summed E-state index contributed by atoms with van der Waals surface area (Å²) in [6, 6.07) is 0. The fourth-order valence-corrected chi connectivity index (χ4v) is 11.3. The molecule has 4 heteroatoms. The van der Waals surface area contributed by atoms with Crippen LogP contribution >= 0.6 is 0 Å². The highest BCUT2D eigenvalue weighted by Gasteiger charge is 2.69. The Morgan fingerprint density at radius 2 is 1.76 bits per heavy atom. The van der Waals surface area contributed by atoms with E-state index in [9.17, 15) is 4.79 Å². The predicted octanol–water partition coefficient (Wildman–Crippen LogP) is 7.79. The van der Waals surface area contributed by atoms with Gasteiger partial charge in [-0.05, 0) is 110 Å². The van der Waals surface area contributed by atoms with E-state index < -0.39 is 0 Å². The number of H-pyrrole nitrogens is 1. The Kier molecular flexibility index (Phi) is 5.38. The molecule has 4 nitrogen and oxygen atoms in total. The largest absolute Gasteiger partial charge is 0.466 e. The number of fused-ring (bicyclic) bond motifs is 8. The Balaban J connectivity index is 1.45. The summed E-state index contributed by atoms with van der Waals surface area (Å²) in [6.45, 7) is 20.1. The molecule has 0 amide bonds. The number of nitrogens with zero attached hydrogens (tertiary/aromatic N) is 1. The van der Waals surface area contributed by atoms with E-state index in [4.69, 9.17) is 4.74 Å². The van der Waals surface area contributed by atoms with Crippen molar-refractivity contribution >= 4 is 5.97 Å². The zero-order valence-corrected chi connectivity index (χ0v) is 24.7. The standard InChI is InChI=1S/C33H50N2O2/c1-9-37-27(36)33-16-14-28(2,3)19-23(33)22-10-11-25-30(6)18-21-20-34-35-26(21)29(4,5)24(30)12-13-32(25,8)31(22,7)15-17-33/h10,20,23-25H,9,11-19H2,1-8H3,(H,34,35)/t23-,24-,25+,30-,31+,32+,33-/m0/s1. The van der Waals surface area contributed by atoms with Crippen molar-refractivity contribution in [3.8, 4) is 0 Å². The second-order valence-electron chi connectivity index (χ2n) is 15.8. The van der Waals surface area contributed by atoms with Gasteiger partial charge in [0.1, 0.15) is 0 Å². The lowest BCUT2D eigenvalue weighted by atomic mass is 9.33. The lowest BCUT2D eigenvalue weighted by Crippen LogP contribution is -2.64. The molecule has 37 heavy (non-hydrogen) atoms. The van der Waals surface area contributed by atoms with E-state index in [0.29, 0.717) is 24.4 Å². The molecule has 0 spiro atoms. The zero-order valence-electron chi connectivity index (χ0n) is 24.7. The van der Waals surface area contributed by atoms with Gasteiger partial charge in [0, 0.05) is 11.1 Å². The number of ether oxygens (including phenoxy) is 1. The van der Waals surface area contributed by atoms with Crippen LogP contribution in [0.5, 0.6) is 0 Å². The summed E-state index contributed by atoms with van der Waals surface area (Å²) < 4.78 is 5.81. The van der Waals surface area contributed by atoms with E-state index in [-0.39, 0.29) is 38.5 Å². The van der Waals surface area contributed by atoms with Crippen LogP contribution in [0.1, 0.15) is 118 Å². The molecule has 0 saturated heterocycles. The molecule has 1 aromatic heterocycles. The van der Waals surface area contributed by atoms with E-state index in [1.165, 1.54) is 24.1 Å². The topological polar surface area (TPSA) is 55.0 Å². The zero-order chi connectivity index (χ0) is 26.6. The number of hydrogen-bond acceptors (Lipinski definition) is 3. The third-order valence-electron chi connectivity index (χ3n) is 13.4. The quantitative estimate of drug-likeness (QED) is 0.329. The molecule has 1 aromatic rings. The normalized spacial score (nSPS) is 45.3. The van der Waals surface area contributed by atoms with Gasteiger partial charge in [-0.25, -0.2) is 0 Å². The number of hydrogen-bond donors (Lipinski definition) is 1. The van der Waals surface area contributed by atoms with Crippen molar-refractivity contribution in [1.82, 2.24) is 10.2 Å². The van der Waals surface area contributed by atoms with Crippen LogP contribution in [0.25, 0.3) is 0 Å². The molecule has 1 heterocycles. The van der Waals surface area contributed by atoms with Gasteiger partial charge in [0.2, 0.25) is 0 Å². The number of rotatable bonds is 2. The third kappa shape index (κ3) is 3.14. The highest BCUT2D eigenvalue weighted by molar-refractivity contribution is 5.78. The van der Waals surface area contributed by atoms with Crippen molar-refractivity contribution in [2.24, 2.45) is 44.8 Å². The van der Waals surface area contributed by atoms with Crippen LogP contribution in [0.4, 0.5) is 0 Å². The van der Waals surface area contributed by atoms with Crippen molar-refractivity contribution in [3.05, 3.63) is 29.1 Å². The SMILES string of the molecule is CCOC(=O)[C@]12CCC(C)(C)C[C@H]1C1=CC[C@@H]3[C@@]4(C)Cc5cn[nH]c5C(C)(C)[C@@H]4CC[C@@]3(C)[C@]1(C)CC2. The molecule has 0 aromatic carbocycles. The van der Waals surface area contributed by atoms with E-state index in [1.807, 2.05) is 6.92 Å². The van der Waals surface area contributed by atoms with Crippen molar-refractivity contribution in [2.45, 2.75) is 119 Å². The van der Waals surface area contributed by atoms with E-state index in [1.54, 1.807) is 5.57 Å². The number of carbonyl (C=O) groups excluding carboxylic acids is 1. The number of carbonyl (C=O) groups is 1. The Labute approximate surface area is 224 Å². The van der Waals surface area contributed by atoms with Crippen LogP contribution in [-0.2, 0) is 21.4 Å². The van der Waals surface area contributed by atoms with Gasteiger partial charge in [0.25, 0.3) is 0 Å². The molecule has 204 valence electrons. The number of allylic oxidation sites excluding steroid dienone is 2. The predicted molar refractivity (Wildman–Crippen MR) is 148 cm³/mol. The summed E-state index contributed by atoms with van der Waals surface area (Å²) in [6.07, 6.45) is 14.9. The maximum Gasteiger partial charge on any atom is 0.312 e. The summed E-state index contributed by atoms with van der Waals surface area (Å²) in [7, 11) is 0. The first-order valence-corrected chi connectivity index (χ1v) is 15.2. The molecule has 3 saturated carbocycles. The minimum absolute atomic E-state index is 0.0860. The van der Waals surface area contributed by atoms with Gasteiger partial charge >= 0.3 is 5.97 Å². The first kappa shape index (κ1) is 25.7. The summed E-state index contributed by atoms with van der Waals surface area (Å²) >= 11 is 0. The van der Waals surface area contributed by atoms with Gasteiger partial charge < -0.3 is 4.74 Å². The van der Waals surface area contributed by atoms with Crippen LogP contribution in [0.15, 0.2) is 17.8 Å². The fraction of sp³-hybridized carbons (Fsp3) is 0.818. The average molecular weight is 507 g/mol. The second-order valence-corrected chi connectivity index (χ2v) is 15.8. The number of aromatic nitrogens is 2. The number of esters is 1. The second kappa shape index (κ2) is 7.75. The molecule has 6 rings (SSSR count). The minimum atomic E-state index is -0.320. The summed E-state index contributed by atoms with van der Waals surface area (Å²) in [5.74, 6) is 1.70.